The van der Waals surface area contributed by atoms with Crippen LogP contribution in [0.1, 0.15) is 31.7 Å². The molecule has 98 valence electrons. The lowest BCUT2D eigenvalue weighted by atomic mass is 9.80. The minimum atomic E-state index is -1.23. The third kappa shape index (κ3) is 3.06. The van der Waals surface area contributed by atoms with Gasteiger partial charge >= 0.3 is 5.97 Å². The number of hydrogen-bond acceptors (Lipinski definition) is 4. The fraction of sp³-hybridized carbons (Fsp3) is 0.462. The Hall–Kier alpha value is -1.91. The van der Waals surface area contributed by atoms with Gasteiger partial charge in [-0.3, -0.25) is 14.9 Å². The zero-order valence-electron chi connectivity index (χ0n) is 10.8. The van der Waals surface area contributed by atoms with Crippen LogP contribution in [0.2, 0.25) is 0 Å². The van der Waals surface area contributed by atoms with Gasteiger partial charge in [0.2, 0.25) is 5.54 Å². The Bertz CT molecular complexity index is 428. The van der Waals surface area contributed by atoms with Gasteiger partial charge in [-0.25, -0.2) is 0 Å². The molecule has 0 radical (unpaired) electrons. The SMILES string of the molecule is COC(=O)CC(c1ccccc1)C(C)(C)[N+](=O)[O-]. The summed E-state index contributed by atoms with van der Waals surface area (Å²) in [6.07, 6.45) is -0.00546. The van der Waals surface area contributed by atoms with Crippen molar-refractivity contribution in [2.24, 2.45) is 0 Å². The maximum atomic E-state index is 11.4. The Labute approximate surface area is 106 Å². The summed E-state index contributed by atoms with van der Waals surface area (Å²) in [6.45, 7) is 3.04. The summed E-state index contributed by atoms with van der Waals surface area (Å²) in [5, 5.41) is 11.2. The number of ether oxygens (including phenoxy) is 1. The maximum Gasteiger partial charge on any atom is 0.306 e. The molecule has 0 aromatic heterocycles. The van der Waals surface area contributed by atoms with Crippen molar-refractivity contribution in [3.8, 4) is 0 Å². The van der Waals surface area contributed by atoms with Crippen LogP contribution in [-0.2, 0) is 9.53 Å². The molecule has 0 N–H and O–H groups in total. The zero-order valence-corrected chi connectivity index (χ0v) is 10.8. The average molecular weight is 251 g/mol. The van der Waals surface area contributed by atoms with Crippen LogP contribution in [0, 0.1) is 10.1 Å². The van der Waals surface area contributed by atoms with Crippen LogP contribution in [0.5, 0.6) is 0 Å². The first-order chi connectivity index (χ1) is 8.39. The molecular weight excluding hydrogens is 234 g/mol. The van der Waals surface area contributed by atoms with E-state index in [9.17, 15) is 14.9 Å². The van der Waals surface area contributed by atoms with E-state index >= 15 is 0 Å². The highest BCUT2D eigenvalue weighted by atomic mass is 16.6. The Morgan fingerprint density at radius 1 is 1.39 bits per heavy atom. The summed E-state index contributed by atoms with van der Waals surface area (Å²) in [7, 11) is 1.28. The van der Waals surface area contributed by atoms with Crippen LogP contribution in [0.15, 0.2) is 30.3 Å². The van der Waals surface area contributed by atoms with Gasteiger partial charge in [-0.2, -0.15) is 0 Å². The zero-order chi connectivity index (χ0) is 13.8. The topological polar surface area (TPSA) is 69.4 Å². The first kappa shape index (κ1) is 14.2. The van der Waals surface area contributed by atoms with Gasteiger partial charge in [-0.1, -0.05) is 30.3 Å². The molecule has 0 spiro atoms. The van der Waals surface area contributed by atoms with Crippen LogP contribution >= 0.6 is 0 Å². The average Bonchev–Trinajstić information content (AvgIpc) is 2.36. The summed E-state index contributed by atoms with van der Waals surface area (Å²) < 4.78 is 4.62. The molecule has 0 heterocycles. The standard InChI is InChI=1S/C13H17NO4/c1-13(2,14(16)17)11(9-12(15)18-3)10-7-5-4-6-8-10/h4-8,11H,9H2,1-3H3. The van der Waals surface area contributed by atoms with E-state index in [0.29, 0.717) is 0 Å². The fourth-order valence-electron chi connectivity index (χ4n) is 1.84. The number of nitro groups is 1. The van der Waals surface area contributed by atoms with Gasteiger partial charge in [0.05, 0.1) is 19.4 Å². The smallest absolute Gasteiger partial charge is 0.306 e. The normalized spacial score (nSPS) is 12.8. The van der Waals surface area contributed by atoms with Crippen molar-refractivity contribution in [2.45, 2.75) is 31.7 Å². The minimum Gasteiger partial charge on any atom is -0.469 e. The van der Waals surface area contributed by atoms with E-state index in [-0.39, 0.29) is 11.3 Å². The second-order valence-corrected chi connectivity index (χ2v) is 4.65. The Morgan fingerprint density at radius 3 is 2.39 bits per heavy atom. The highest BCUT2D eigenvalue weighted by Crippen LogP contribution is 2.33. The van der Waals surface area contributed by atoms with E-state index in [4.69, 9.17) is 0 Å². The molecular formula is C13H17NO4. The largest absolute Gasteiger partial charge is 0.469 e. The summed E-state index contributed by atoms with van der Waals surface area (Å²) in [4.78, 5) is 22.2. The third-order valence-electron chi connectivity index (χ3n) is 3.12. The molecule has 1 aromatic carbocycles. The quantitative estimate of drug-likeness (QED) is 0.457. The summed E-state index contributed by atoms with van der Waals surface area (Å²) >= 11 is 0. The van der Waals surface area contributed by atoms with Crippen LogP contribution in [0.4, 0.5) is 0 Å². The fourth-order valence-corrected chi connectivity index (χ4v) is 1.84. The van der Waals surface area contributed by atoms with Crippen molar-refractivity contribution in [1.82, 2.24) is 0 Å². The summed E-state index contributed by atoms with van der Waals surface area (Å²) in [5.41, 5.74) is -0.458. The lowest BCUT2D eigenvalue weighted by Crippen LogP contribution is -2.39. The van der Waals surface area contributed by atoms with E-state index in [0.717, 1.165) is 5.56 Å². The predicted octanol–water partition coefficient (Wildman–Crippen LogP) is 2.39. The van der Waals surface area contributed by atoms with Crippen molar-refractivity contribution in [3.63, 3.8) is 0 Å². The first-order valence-corrected chi connectivity index (χ1v) is 5.66. The number of rotatable bonds is 5. The molecule has 0 fully saturated rings. The molecule has 1 rings (SSSR count). The highest BCUT2D eigenvalue weighted by molar-refractivity contribution is 5.70. The summed E-state index contributed by atoms with van der Waals surface area (Å²) in [5.74, 6) is -0.958. The van der Waals surface area contributed by atoms with Crippen LogP contribution in [0.25, 0.3) is 0 Å². The molecule has 0 saturated carbocycles. The van der Waals surface area contributed by atoms with Crippen molar-refractivity contribution >= 4 is 5.97 Å². The van der Waals surface area contributed by atoms with Gasteiger partial charge in [0.25, 0.3) is 0 Å². The Kier molecular flexibility index (Phi) is 4.42. The molecule has 18 heavy (non-hydrogen) atoms. The first-order valence-electron chi connectivity index (χ1n) is 5.66. The van der Waals surface area contributed by atoms with E-state index < -0.39 is 17.4 Å². The molecule has 0 aliphatic heterocycles. The van der Waals surface area contributed by atoms with E-state index in [1.165, 1.54) is 21.0 Å². The molecule has 1 atom stereocenters. The van der Waals surface area contributed by atoms with Gasteiger partial charge in [0.15, 0.2) is 0 Å². The van der Waals surface area contributed by atoms with Crippen molar-refractivity contribution < 1.29 is 14.5 Å². The molecule has 1 unspecified atom stereocenters. The van der Waals surface area contributed by atoms with Gasteiger partial charge < -0.3 is 4.74 Å². The second kappa shape index (κ2) is 5.62. The molecule has 0 saturated heterocycles. The highest BCUT2D eigenvalue weighted by Gasteiger charge is 2.43. The maximum absolute atomic E-state index is 11.4. The number of benzene rings is 1. The number of methoxy groups -OCH3 is 1. The lowest BCUT2D eigenvalue weighted by molar-refractivity contribution is -0.565. The third-order valence-corrected chi connectivity index (χ3v) is 3.12. The van der Waals surface area contributed by atoms with Gasteiger partial charge in [0.1, 0.15) is 0 Å². The molecule has 0 aliphatic rings. The van der Waals surface area contributed by atoms with Crippen molar-refractivity contribution in [2.75, 3.05) is 7.11 Å². The minimum absolute atomic E-state index is 0.00546. The van der Waals surface area contributed by atoms with Crippen LogP contribution in [-0.4, -0.2) is 23.5 Å². The summed E-state index contributed by atoms with van der Waals surface area (Å²) in [6, 6.07) is 9.01. The molecule has 0 bridgehead atoms. The van der Waals surface area contributed by atoms with Crippen LogP contribution in [0.3, 0.4) is 0 Å². The van der Waals surface area contributed by atoms with Crippen molar-refractivity contribution in [3.05, 3.63) is 46.0 Å². The molecule has 5 nitrogen and oxygen atoms in total. The Balaban J connectivity index is 3.11. The van der Waals surface area contributed by atoms with E-state index in [1.807, 2.05) is 6.07 Å². The van der Waals surface area contributed by atoms with E-state index in [2.05, 4.69) is 4.74 Å². The molecule has 5 heteroatoms. The molecule has 0 aliphatic carbocycles. The number of esters is 1. The number of nitrogens with zero attached hydrogens (tertiary/aromatic N) is 1. The Morgan fingerprint density at radius 2 is 1.94 bits per heavy atom. The number of hydrogen-bond donors (Lipinski definition) is 0. The van der Waals surface area contributed by atoms with Gasteiger partial charge in [0, 0.05) is 18.8 Å². The number of carbonyl (C=O) groups excluding carboxylic acids is 1. The predicted molar refractivity (Wildman–Crippen MR) is 66.9 cm³/mol. The lowest BCUT2D eigenvalue weighted by Gasteiger charge is -2.26. The van der Waals surface area contributed by atoms with Crippen molar-refractivity contribution in [1.29, 1.82) is 0 Å². The molecule has 1 aromatic rings. The van der Waals surface area contributed by atoms with Crippen LogP contribution < -0.4 is 0 Å². The monoisotopic (exact) mass is 251 g/mol. The van der Waals surface area contributed by atoms with Gasteiger partial charge in [-0.05, 0) is 5.56 Å². The number of carbonyl (C=O) groups is 1. The second-order valence-electron chi connectivity index (χ2n) is 4.65. The van der Waals surface area contributed by atoms with Gasteiger partial charge in [-0.15, -0.1) is 0 Å². The van der Waals surface area contributed by atoms with E-state index in [1.54, 1.807) is 24.3 Å². The molecule has 0 amide bonds.